The molecular formula is C22H25ClN4O3. The number of nitriles is 1. The first-order valence-electron chi connectivity index (χ1n) is 10.0. The van der Waals surface area contributed by atoms with Crippen LogP contribution < -0.4 is 5.32 Å². The first kappa shape index (κ1) is 21.8. The Morgan fingerprint density at radius 3 is 2.40 bits per heavy atom. The van der Waals surface area contributed by atoms with Gasteiger partial charge in [-0.15, -0.1) is 0 Å². The van der Waals surface area contributed by atoms with E-state index < -0.39 is 23.5 Å². The lowest BCUT2D eigenvalue weighted by Crippen LogP contribution is -2.52. The summed E-state index contributed by atoms with van der Waals surface area (Å²) in [7, 11) is 0. The van der Waals surface area contributed by atoms with Crippen LogP contribution in [-0.4, -0.2) is 33.3 Å². The Labute approximate surface area is 181 Å². The lowest BCUT2D eigenvalue weighted by Gasteiger charge is -2.32. The van der Waals surface area contributed by atoms with Crippen molar-refractivity contribution in [1.82, 2.24) is 15.1 Å². The molecule has 1 fully saturated rings. The number of hydrogen-bond acceptors (Lipinski definition) is 5. The second kappa shape index (κ2) is 8.88. The summed E-state index contributed by atoms with van der Waals surface area (Å²) < 4.78 is 7.02. The van der Waals surface area contributed by atoms with Gasteiger partial charge in [0, 0.05) is 0 Å². The van der Waals surface area contributed by atoms with Gasteiger partial charge in [0.2, 0.25) is 0 Å². The number of carbonyl (C=O) groups excluding carboxylic acids is 2. The van der Waals surface area contributed by atoms with Gasteiger partial charge in [0.15, 0.2) is 6.10 Å². The number of rotatable bonds is 5. The van der Waals surface area contributed by atoms with E-state index in [0.29, 0.717) is 23.4 Å². The van der Waals surface area contributed by atoms with Gasteiger partial charge in [0.05, 0.1) is 33.7 Å². The van der Waals surface area contributed by atoms with Gasteiger partial charge >= 0.3 is 5.97 Å². The molecule has 30 heavy (non-hydrogen) atoms. The molecule has 3 rings (SSSR count). The minimum atomic E-state index is -1.00. The Kier molecular flexibility index (Phi) is 6.47. The van der Waals surface area contributed by atoms with Crippen molar-refractivity contribution < 1.29 is 14.3 Å². The molecule has 2 aromatic rings. The Balaban J connectivity index is 1.64. The van der Waals surface area contributed by atoms with E-state index in [2.05, 4.69) is 16.5 Å². The largest absolute Gasteiger partial charge is 0.449 e. The summed E-state index contributed by atoms with van der Waals surface area (Å²) in [6.07, 6.45) is 3.09. The summed E-state index contributed by atoms with van der Waals surface area (Å²) in [5, 5.41) is 17.3. The lowest BCUT2D eigenvalue weighted by molar-refractivity contribution is -0.130. The zero-order chi connectivity index (χ0) is 21.9. The van der Waals surface area contributed by atoms with Crippen LogP contribution in [0.2, 0.25) is 5.02 Å². The molecule has 1 N–H and O–H groups in total. The van der Waals surface area contributed by atoms with Crippen molar-refractivity contribution in [1.29, 1.82) is 5.26 Å². The van der Waals surface area contributed by atoms with Crippen LogP contribution in [0, 0.1) is 25.2 Å². The molecule has 0 bridgehead atoms. The van der Waals surface area contributed by atoms with Crippen LogP contribution in [0.1, 0.15) is 60.8 Å². The highest BCUT2D eigenvalue weighted by atomic mass is 35.5. The summed E-state index contributed by atoms with van der Waals surface area (Å²) in [4.78, 5) is 25.0. The summed E-state index contributed by atoms with van der Waals surface area (Å²) in [5.41, 5.74) is 1.75. The molecule has 1 aliphatic rings. The first-order valence-corrected chi connectivity index (χ1v) is 10.4. The van der Waals surface area contributed by atoms with E-state index in [9.17, 15) is 14.9 Å². The van der Waals surface area contributed by atoms with Gasteiger partial charge in [-0.3, -0.25) is 4.79 Å². The number of nitrogens with zero attached hydrogens (tertiary/aromatic N) is 3. The molecule has 1 aromatic carbocycles. The van der Waals surface area contributed by atoms with Gasteiger partial charge in [-0.05, 0) is 57.9 Å². The maximum atomic E-state index is 12.5. The van der Waals surface area contributed by atoms with Crippen molar-refractivity contribution >= 4 is 23.5 Å². The molecule has 8 heteroatoms. The average molecular weight is 429 g/mol. The molecule has 158 valence electrons. The normalized spacial score (nSPS) is 16.4. The minimum absolute atomic E-state index is 0.318. The Bertz CT molecular complexity index is 985. The number of amides is 1. The summed E-state index contributed by atoms with van der Waals surface area (Å²) in [6, 6.07) is 8.94. The number of carbonyl (C=O) groups is 2. The topological polar surface area (TPSA) is 97.0 Å². The van der Waals surface area contributed by atoms with Crippen molar-refractivity contribution in [2.45, 2.75) is 64.5 Å². The fourth-order valence-electron chi connectivity index (χ4n) is 3.65. The van der Waals surface area contributed by atoms with Gasteiger partial charge in [0.1, 0.15) is 5.54 Å². The number of halogens is 1. The van der Waals surface area contributed by atoms with Crippen molar-refractivity contribution in [2.75, 3.05) is 0 Å². The average Bonchev–Trinajstić information content (AvgIpc) is 3.01. The van der Waals surface area contributed by atoms with Crippen LogP contribution in [0.3, 0.4) is 0 Å². The molecule has 1 saturated carbocycles. The van der Waals surface area contributed by atoms with Gasteiger partial charge in [-0.2, -0.15) is 10.4 Å². The Morgan fingerprint density at radius 1 is 1.23 bits per heavy atom. The van der Waals surface area contributed by atoms with Crippen LogP contribution in [0.4, 0.5) is 0 Å². The number of esters is 1. The van der Waals surface area contributed by atoms with E-state index in [1.54, 1.807) is 28.9 Å². The van der Waals surface area contributed by atoms with Crippen LogP contribution in [0.15, 0.2) is 24.3 Å². The third kappa shape index (κ3) is 4.49. The third-order valence-corrected chi connectivity index (χ3v) is 6.03. The number of aryl methyl sites for hydroxylation is 1. The van der Waals surface area contributed by atoms with E-state index in [1.807, 2.05) is 13.8 Å². The molecule has 7 nitrogen and oxygen atoms in total. The molecule has 0 spiro atoms. The van der Waals surface area contributed by atoms with Crippen LogP contribution >= 0.6 is 11.6 Å². The fourth-order valence-corrected chi connectivity index (χ4v) is 3.77. The van der Waals surface area contributed by atoms with Crippen molar-refractivity contribution in [3.8, 4) is 11.8 Å². The molecule has 0 saturated heterocycles. The molecular weight excluding hydrogens is 404 g/mol. The van der Waals surface area contributed by atoms with Crippen molar-refractivity contribution in [3.05, 3.63) is 46.2 Å². The zero-order valence-corrected chi connectivity index (χ0v) is 18.1. The monoisotopic (exact) mass is 428 g/mol. The predicted octanol–water partition coefficient (Wildman–Crippen LogP) is 4.03. The maximum Gasteiger partial charge on any atom is 0.338 e. The highest BCUT2D eigenvalue weighted by Gasteiger charge is 2.35. The second-order valence-electron chi connectivity index (χ2n) is 7.73. The van der Waals surface area contributed by atoms with Crippen LogP contribution in [0.5, 0.6) is 0 Å². The van der Waals surface area contributed by atoms with Gasteiger partial charge < -0.3 is 10.1 Å². The summed E-state index contributed by atoms with van der Waals surface area (Å²) in [5.74, 6) is -1.06. The Morgan fingerprint density at radius 2 is 1.87 bits per heavy atom. The van der Waals surface area contributed by atoms with Crippen molar-refractivity contribution in [2.24, 2.45) is 0 Å². The van der Waals surface area contributed by atoms with Crippen molar-refractivity contribution in [3.63, 3.8) is 0 Å². The van der Waals surface area contributed by atoms with E-state index in [1.165, 1.54) is 6.92 Å². The van der Waals surface area contributed by atoms with Crippen LogP contribution in [-0.2, 0) is 9.53 Å². The number of benzene rings is 1. The molecule has 1 amide bonds. The van der Waals surface area contributed by atoms with E-state index >= 15 is 0 Å². The molecule has 0 radical (unpaired) electrons. The third-order valence-electron chi connectivity index (χ3n) is 5.49. The number of aromatic nitrogens is 2. The van der Waals surface area contributed by atoms with Crippen LogP contribution in [0.25, 0.3) is 5.69 Å². The van der Waals surface area contributed by atoms with Gasteiger partial charge in [0.25, 0.3) is 5.91 Å². The highest BCUT2D eigenvalue weighted by molar-refractivity contribution is 6.31. The lowest BCUT2D eigenvalue weighted by atomic mass is 9.83. The highest BCUT2D eigenvalue weighted by Crippen LogP contribution is 2.28. The first-order chi connectivity index (χ1) is 14.3. The number of nitrogens with one attached hydrogen (secondary N) is 1. The SMILES string of the molecule is Cc1nn(-c2ccc(C(=O)O[C@@H](C)C(=O)NC3(C#N)CCCCC3)cc2)c(C)c1Cl. The van der Waals surface area contributed by atoms with Gasteiger partial charge in [-0.1, -0.05) is 30.9 Å². The minimum Gasteiger partial charge on any atom is -0.449 e. The predicted molar refractivity (Wildman–Crippen MR) is 112 cm³/mol. The number of hydrogen-bond donors (Lipinski definition) is 1. The quantitative estimate of drug-likeness (QED) is 0.725. The Hall–Kier alpha value is -2.85. The maximum absolute atomic E-state index is 12.5. The fraction of sp³-hybridized carbons (Fsp3) is 0.455. The number of ether oxygens (including phenoxy) is 1. The van der Waals surface area contributed by atoms with E-state index in [-0.39, 0.29) is 0 Å². The van der Waals surface area contributed by atoms with E-state index in [0.717, 1.165) is 36.3 Å². The molecule has 1 aromatic heterocycles. The van der Waals surface area contributed by atoms with Gasteiger partial charge in [-0.25, -0.2) is 9.48 Å². The molecule has 0 unspecified atom stereocenters. The summed E-state index contributed by atoms with van der Waals surface area (Å²) >= 11 is 6.19. The molecule has 0 aliphatic heterocycles. The zero-order valence-electron chi connectivity index (χ0n) is 17.4. The second-order valence-corrected chi connectivity index (χ2v) is 8.11. The van der Waals surface area contributed by atoms with E-state index in [4.69, 9.17) is 16.3 Å². The summed E-state index contributed by atoms with van der Waals surface area (Å²) in [6.45, 7) is 5.20. The standard InChI is InChI=1S/C22H25ClN4O3/c1-14-19(23)15(2)27(26-14)18-9-7-17(8-10-18)21(29)30-16(3)20(28)25-22(13-24)11-5-4-6-12-22/h7-10,16H,4-6,11-12H2,1-3H3,(H,25,28)/t16-/m0/s1. The smallest absolute Gasteiger partial charge is 0.338 e. The molecule has 1 heterocycles. The molecule has 1 atom stereocenters. The molecule has 1 aliphatic carbocycles.